The first-order chi connectivity index (χ1) is 14.2. The summed E-state index contributed by atoms with van der Waals surface area (Å²) in [6.45, 7) is 5.59. The number of anilines is 4. The summed E-state index contributed by atoms with van der Waals surface area (Å²) in [5.74, 6) is 0.456. The molecule has 0 radical (unpaired) electrons. The lowest BCUT2D eigenvalue weighted by molar-refractivity contribution is -0.114. The molecule has 29 heavy (non-hydrogen) atoms. The summed E-state index contributed by atoms with van der Waals surface area (Å²) in [4.78, 5) is 22.5. The van der Waals surface area contributed by atoms with Crippen LogP contribution in [0, 0.1) is 0 Å². The molecule has 7 nitrogen and oxygen atoms in total. The summed E-state index contributed by atoms with van der Waals surface area (Å²) in [5, 5.41) is 9.41. The quantitative estimate of drug-likeness (QED) is 0.622. The van der Waals surface area contributed by atoms with Gasteiger partial charge in [-0.3, -0.25) is 4.79 Å². The Labute approximate surface area is 170 Å². The molecular formula is C22H24N6O. The molecule has 3 N–H and O–H groups in total. The summed E-state index contributed by atoms with van der Waals surface area (Å²) in [6.07, 6.45) is 1.74. The maximum Gasteiger partial charge on any atom is 0.227 e. The second kappa shape index (κ2) is 8.70. The lowest BCUT2D eigenvalue weighted by Gasteiger charge is -2.29. The zero-order valence-corrected chi connectivity index (χ0v) is 16.4. The molecule has 0 unspecified atom stereocenters. The number of amides is 1. The van der Waals surface area contributed by atoms with Crippen molar-refractivity contribution in [1.82, 2.24) is 15.3 Å². The first-order valence-corrected chi connectivity index (χ1v) is 9.71. The van der Waals surface area contributed by atoms with E-state index in [1.54, 1.807) is 6.20 Å². The molecule has 1 aliphatic rings. The predicted molar refractivity (Wildman–Crippen MR) is 117 cm³/mol. The van der Waals surface area contributed by atoms with Crippen LogP contribution in [0.5, 0.6) is 0 Å². The van der Waals surface area contributed by atoms with Crippen LogP contribution in [0.25, 0.3) is 11.3 Å². The number of hydrogen-bond acceptors (Lipinski definition) is 6. The van der Waals surface area contributed by atoms with E-state index in [1.807, 2.05) is 30.3 Å². The number of rotatable bonds is 5. The predicted octanol–water partition coefficient (Wildman–Crippen LogP) is 3.26. The van der Waals surface area contributed by atoms with Crippen LogP contribution in [0.1, 0.15) is 6.92 Å². The number of carbonyl (C=O) groups is 1. The van der Waals surface area contributed by atoms with E-state index in [0.717, 1.165) is 48.8 Å². The smallest absolute Gasteiger partial charge is 0.227 e. The number of piperazine rings is 1. The van der Waals surface area contributed by atoms with E-state index < -0.39 is 0 Å². The van der Waals surface area contributed by atoms with Gasteiger partial charge >= 0.3 is 0 Å². The van der Waals surface area contributed by atoms with Crippen LogP contribution in [0.15, 0.2) is 60.8 Å². The van der Waals surface area contributed by atoms with E-state index in [1.165, 1.54) is 12.6 Å². The van der Waals surface area contributed by atoms with Crippen LogP contribution in [0.2, 0.25) is 0 Å². The molecule has 2 heterocycles. The summed E-state index contributed by atoms with van der Waals surface area (Å²) < 4.78 is 0. The molecule has 0 spiro atoms. The van der Waals surface area contributed by atoms with E-state index >= 15 is 0 Å². The number of benzene rings is 2. The minimum Gasteiger partial charge on any atom is -0.369 e. The fraction of sp³-hybridized carbons (Fsp3) is 0.227. The van der Waals surface area contributed by atoms with E-state index in [9.17, 15) is 4.79 Å². The Hall–Kier alpha value is -3.45. The fourth-order valence-electron chi connectivity index (χ4n) is 3.31. The molecule has 1 aliphatic heterocycles. The van der Waals surface area contributed by atoms with Crippen molar-refractivity contribution in [2.45, 2.75) is 6.92 Å². The highest BCUT2D eigenvalue weighted by atomic mass is 16.1. The Balaban J connectivity index is 1.45. The molecule has 4 rings (SSSR count). The van der Waals surface area contributed by atoms with Crippen molar-refractivity contribution >= 4 is 28.9 Å². The molecule has 148 valence electrons. The van der Waals surface area contributed by atoms with Gasteiger partial charge in [0, 0.05) is 61.9 Å². The second-order valence-electron chi connectivity index (χ2n) is 6.93. The molecule has 2 aromatic carbocycles. The van der Waals surface area contributed by atoms with Crippen LogP contribution in [0.4, 0.5) is 23.0 Å². The molecule has 3 aromatic rings. The van der Waals surface area contributed by atoms with E-state index in [-0.39, 0.29) is 5.91 Å². The second-order valence-corrected chi connectivity index (χ2v) is 6.93. The first kappa shape index (κ1) is 18.9. The van der Waals surface area contributed by atoms with Crippen LogP contribution >= 0.6 is 0 Å². The van der Waals surface area contributed by atoms with Gasteiger partial charge in [0.25, 0.3) is 0 Å². The fourth-order valence-corrected chi connectivity index (χ4v) is 3.31. The lowest BCUT2D eigenvalue weighted by atomic mass is 10.1. The van der Waals surface area contributed by atoms with Crippen molar-refractivity contribution in [3.63, 3.8) is 0 Å². The molecule has 0 saturated carbocycles. The standard InChI is InChI=1S/C22H24N6O/c1-16(29)25-18-4-2-17(3-5-18)21-10-11-24-22(27-21)26-19-6-8-20(9-7-19)28-14-12-23-13-15-28/h2-11,23H,12-15H2,1H3,(H,25,29)(H,24,26,27). The van der Waals surface area contributed by atoms with Gasteiger partial charge in [-0.25, -0.2) is 9.97 Å². The monoisotopic (exact) mass is 388 g/mol. The van der Waals surface area contributed by atoms with Crippen molar-refractivity contribution in [3.8, 4) is 11.3 Å². The van der Waals surface area contributed by atoms with Crippen LogP contribution in [-0.4, -0.2) is 42.1 Å². The zero-order chi connectivity index (χ0) is 20.1. The van der Waals surface area contributed by atoms with Crippen LogP contribution in [0.3, 0.4) is 0 Å². The topological polar surface area (TPSA) is 82.2 Å². The Morgan fingerprint density at radius 1 is 0.966 bits per heavy atom. The highest BCUT2D eigenvalue weighted by molar-refractivity contribution is 5.88. The molecule has 0 bridgehead atoms. The van der Waals surface area contributed by atoms with E-state index in [4.69, 9.17) is 0 Å². The van der Waals surface area contributed by atoms with Crippen molar-refractivity contribution in [2.75, 3.05) is 41.7 Å². The van der Waals surface area contributed by atoms with Crippen molar-refractivity contribution < 1.29 is 4.79 Å². The summed E-state index contributed by atoms with van der Waals surface area (Å²) >= 11 is 0. The van der Waals surface area contributed by atoms with Crippen LogP contribution < -0.4 is 20.9 Å². The molecule has 1 saturated heterocycles. The number of aromatic nitrogens is 2. The van der Waals surface area contributed by atoms with Gasteiger partial charge in [-0.15, -0.1) is 0 Å². The number of nitrogens with zero attached hydrogens (tertiary/aromatic N) is 3. The summed E-state index contributed by atoms with van der Waals surface area (Å²) in [6, 6.07) is 17.8. The Kier molecular flexibility index (Phi) is 5.67. The van der Waals surface area contributed by atoms with Gasteiger partial charge in [0.2, 0.25) is 11.9 Å². The third-order valence-corrected chi connectivity index (χ3v) is 4.76. The van der Waals surface area contributed by atoms with E-state index in [2.05, 4.69) is 55.1 Å². The van der Waals surface area contributed by atoms with Gasteiger partial charge in [0.1, 0.15) is 0 Å². The summed E-state index contributed by atoms with van der Waals surface area (Å²) in [5.41, 5.74) is 4.71. The number of carbonyl (C=O) groups excluding carboxylic acids is 1. The lowest BCUT2D eigenvalue weighted by Crippen LogP contribution is -2.43. The minimum atomic E-state index is -0.0887. The van der Waals surface area contributed by atoms with Gasteiger partial charge in [0.05, 0.1) is 5.69 Å². The van der Waals surface area contributed by atoms with Crippen LogP contribution in [-0.2, 0) is 4.79 Å². The third kappa shape index (κ3) is 4.89. The maximum absolute atomic E-state index is 11.2. The number of nitrogens with one attached hydrogen (secondary N) is 3. The minimum absolute atomic E-state index is 0.0887. The largest absolute Gasteiger partial charge is 0.369 e. The maximum atomic E-state index is 11.2. The SMILES string of the molecule is CC(=O)Nc1ccc(-c2ccnc(Nc3ccc(N4CCNCC4)cc3)n2)cc1. The Morgan fingerprint density at radius 3 is 2.34 bits per heavy atom. The summed E-state index contributed by atoms with van der Waals surface area (Å²) in [7, 11) is 0. The molecular weight excluding hydrogens is 364 g/mol. The first-order valence-electron chi connectivity index (χ1n) is 9.71. The molecule has 0 atom stereocenters. The average molecular weight is 388 g/mol. The molecule has 0 aliphatic carbocycles. The normalized spacial score (nSPS) is 13.8. The van der Waals surface area contributed by atoms with Gasteiger partial charge in [-0.2, -0.15) is 0 Å². The molecule has 1 amide bonds. The highest BCUT2D eigenvalue weighted by Crippen LogP contribution is 2.23. The van der Waals surface area contributed by atoms with Crippen molar-refractivity contribution in [1.29, 1.82) is 0 Å². The van der Waals surface area contributed by atoms with Gasteiger partial charge in [-0.05, 0) is 42.5 Å². The Bertz CT molecular complexity index is 965. The molecule has 1 fully saturated rings. The van der Waals surface area contributed by atoms with E-state index in [0.29, 0.717) is 5.95 Å². The third-order valence-electron chi connectivity index (χ3n) is 4.76. The zero-order valence-electron chi connectivity index (χ0n) is 16.4. The van der Waals surface area contributed by atoms with Gasteiger partial charge < -0.3 is 20.9 Å². The van der Waals surface area contributed by atoms with Gasteiger partial charge in [0.15, 0.2) is 0 Å². The average Bonchev–Trinajstić information content (AvgIpc) is 2.75. The number of hydrogen-bond donors (Lipinski definition) is 3. The molecule has 1 aromatic heterocycles. The highest BCUT2D eigenvalue weighted by Gasteiger charge is 2.10. The van der Waals surface area contributed by atoms with Gasteiger partial charge in [-0.1, -0.05) is 12.1 Å². The Morgan fingerprint density at radius 2 is 1.66 bits per heavy atom. The van der Waals surface area contributed by atoms with Crippen molar-refractivity contribution in [2.24, 2.45) is 0 Å². The molecule has 7 heteroatoms. The van der Waals surface area contributed by atoms with Crippen molar-refractivity contribution in [3.05, 3.63) is 60.8 Å².